The summed E-state index contributed by atoms with van der Waals surface area (Å²) in [5, 5.41) is 22.9. The lowest BCUT2D eigenvalue weighted by molar-refractivity contribution is -0.384. The molecule has 1 N–H and O–H groups in total. The van der Waals surface area contributed by atoms with Crippen LogP contribution in [0.25, 0.3) is 0 Å². The Morgan fingerprint density at radius 2 is 2.22 bits per heavy atom. The molecule has 0 aliphatic carbocycles. The highest BCUT2D eigenvalue weighted by molar-refractivity contribution is 6.18. The van der Waals surface area contributed by atoms with Gasteiger partial charge in [-0.1, -0.05) is 0 Å². The van der Waals surface area contributed by atoms with Crippen LogP contribution in [-0.4, -0.2) is 33.4 Å². The van der Waals surface area contributed by atoms with Crippen molar-refractivity contribution >= 4 is 23.2 Å². The summed E-state index contributed by atoms with van der Waals surface area (Å²) in [6.07, 6.45) is 0. The molecule has 1 rings (SSSR count). The van der Waals surface area contributed by atoms with Gasteiger partial charge in [0.15, 0.2) is 0 Å². The van der Waals surface area contributed by atoms with Crippen molar-refractivity contribution in [3.63, 3.8) is 0 Å². The van der Waals surface area contributed by atoms with E-state index in [1.807, 2.05) is 0 Å². The minimum Gasteiger partial charge on any atom is -0.507 e. The van der Waals surface area contributed by atoms with Gasteiger partial charge in [-0.15, -0.1) is 16.5 Å². The second-order valence-electron chi connectivity index (χ2n) is 3.16. The van der Waals surface area contributed by atoms with Gasteiger partial charge in [0.1, 0.15) is 5.75 Å². The van der Waals surface area contributed by atoms with Crippen LogP contribution in [0.2, 0.25) is 0 Å². The topological polar surface area (TPSA) is 113 Å². The number of phenols is 1. The number of hydrogen-bond donors (Lipinski definition) is 1. The van der Waals surface area contributed by atoms with Crippen LogP contribution >= 0.6 is 11.6 Å². The van der Waals surface area contributed by atoms with Gasteiger partial charge in [0.25, 0.3) is 11.6 Å². The molecule has 8 nitrogen and oxygen atoms in total. The Labute approximate surface area is 106 Å². The summed E-state index contributed by atoms with van der Waals surface area (Å²) in [4.78, 5) is 32.0. The lowest BCUT2D eigenvalue weighted by Crippen LogP contribution is -2.27. The predicted octanol–water partition coefficient (Wildman–Crippen LogP) is 1.66. The van der Waals surface area contributed by atoms with Crippen LogP contribution in [0, 0.1) is 15.0 Å². The Hall–Kier alpha value is -2.22. The Morgan fingerprint density at radius 1 is 1.56 bits per heavy atom. The number of aromatic hydroxyl groups is 1. The third kappa shape index (κ3) is 2.92. The van der Waals surface area contributed by atoms with Gasteiger partial charge in [-0.25, -0.2) is 0 Å². The lowest BCUT2D eigenvalue weighted by Gasteiger charge is -2.12. The van der Waals surface area contributed by atoms with Gasteiger partial charge in [0, 0.05) is 18.0 Å². The van der Waals surface area contributed by atoms with Gasteiger partial charge >= 0.3 is 0 Å². The van der Waals surface area contributed by atoms with E-state index in [4.69, 9.17) is 11.6 Å². The van der Waals surface area contributed by atoms with E-state index in [0.29, 0.717) is 5.01 Å². The highest BCUT2D eigenvalue weighted by Crippen LogP contribution is 2.24. The maximum Gasteiger partial charge on any atom is 0.280 e. The fourth-order valence-corrected chi connectivity index (χ4v) is 1.37. The summed E-state index contributed by atoms with van der Waals surface area (Å²) < 4.78 is 0. The molecular formula is C9H8ClN3O5. The van der Waals surface area contributed by atoms with E-state index in [0.717, 1.165) is 18.2 Å². The summed E-state index contributed by atoms with van der Waals surface area (Å²) in [5.41, 5.74) is -0.762. The number of halogens is 1. The van der Waals surface area contributed by atoms with Gasteiger partial charge in [-0.3, -0.25) is 14.9 Å². The highest BCUT2D eigenvalue weighted by atomic mass is 35.5. The average molecular weight is 274 g/mol. The lowest BCUT2D eigenvalue weighted by atomic mass is 10.1. The van der Waals surface area contributed by atoms with Crippen molar-refractivity contribution in [3.8, 4) is 5.75 Å². The number of phenolic OH excluding ortho intramolecular Hbond substituents is 1. The van der Waals surface area contributed by atoms with Gasteiger partial charge in [0.05, 0.1) is 22.3 Å². The number of nitro benzene ring substituents is 1. The predicted molar refractivity (Wildman–Crippen MR) is 62.3 cm³/mol. The number of benzene rings is 1. The Kier molecular flexibility index (Phi) is 4.55. The maximum absolute atomic E-state index is 11.8. The molecule has 1 amide bonds. The molecule has 0 saturated carbocycles. The first-order valence-electron chi connectivity index (χ1n) is 4.69. The summed E-state index contributed by atoms with van der Waals surface area (Å²) in [5.74, 6) is -1.46. The number of non-ortho nitro benzene ring substituents is 1. The van der Waals surface area contributed by atoms with E-state index in [1.54, 1.807) is 0 Å². The Morgan fingerprint density at radius 3 is 2.72 bits per heavy atom. The first-order chi connectivity index (χ1) is 8.51. The first kappa shape index (κ1) is 13.8. The number of nitro groups is 1. The molecule has 0 atom stereocenters. The highest BCUT2D eigenvalue weighted by Gasteiger charge is 2.22. The molecular weight excluding hydrogens is 266 g/mol. The number of hydrogen-bond acceptors (Lipinski definition) is 6. The van der Waals surface area contributed by atoms with E-state index in [-0.39, 0.29) is 23.7 Å². The third-order valence-corrected chi connectivity index (χ3v) is 2.22. The van der Waals surface area contributed by atoms with Crippen LogP contribution in [0.4, 0.5) is 5.69 Å². The number of nitrogens with zero attached hydrogens (tertiary/aromatic N) is 3. The molecule has 0 saturated heterocycles. The zero-order valence-electron chi connectivity index (χ0n) is 8.95. The first-order valence-corrected chi connectivity index (χ1v) is 5.23. The largest absolute Gasteiger partial charge is 0.507 e. The van der Waals surface area contributed by atoms with Gasteiger partial charge in [-0.05, 0) is 6.07 Å². The molecule has 0 aliphatic heterocycles. The van der Waals surface area contributed by atoms with Crippen LogP contribution in [0.1, 0.15) is 10.4 Å². The summed E-state index contributed by atoms with van der Waals surface area (Å²) in [6.45, 7) is -0.161. The van der Waals surface area contributed by atoms with Gasteiger partial charge < -0.3 is 5.11 Å². The van der Waals surface area contributed by atoms with Gasteiger partial charge in [0.2, 0.25) is 0 Å². The number of nitroso groups, excluding NO2 is 1. The van der Waals surface area contributed by atoms with E-state index in [9.17, 15) is 24.9 Å². The molecule has 1 aromatic carbocycles. The standard InChI is InChI=1S/C9H8ClN3O5/c10-3-4-12(11-16)9(15)7-5-6(13(17)18)1-2-8(7)14/h1-2,5,14H,3-4H2. The van der Waals surface area contributed by atoms with Crippen LogP contribution < -0.4 is 0 Å². The number of rotatable bonds is 5. The summed E-state index contributed by atoms with van der Waals surface area (Å²) >= 11 is 5.36. The van der Waals surface area contributed by atoms with Crippen LogP contribution in [0.5, 0.6) is 5.75 Å². The molecule has 9 heteroatoms. The third-order valence-electron chi connectivity index (χ3n) is 2.05. The number of amides is 1. The SMILES string of the molecule is O=NN(CCCl)C(=O)c1cc([N+](=O)[O-])ccc1O. The number of carbonyl (C=O) groups is 1. The summed E-state index contributed by atoms with van der Waals surface area (Å²) in [7, 11) is 0. The zero-order valence-corrected chi connectivity index (χ0v) is 9.70. The molecule has 0 spiro atoms. The molecule has 0 unspecified atom stereocenters. The number of carbonyl (C=O) groups excluding carboxylic acids is 1. The second kappa shape index (κ2) is 5.92. The van der Waals surface area contributed by atoms with E-state index >= 15 is 0 Å². The molecule has 0 aromatic heterocycles. The van der Waals surface area contributed by atoms with Crippen molar-refractivity contribution in [2.75, 3.05) is 12.4 Å². The molecule has 18 heavy (non-hydrogen) atoms. The Bertz CT molecular complexity index is 493. The normalized spacial score (nSPS) is 9.83. The quantitative estimate of drug-likeness (QED) is 0.379. The van der Waals surface area contributed by atoms with Crippen molar-refractivity contribution < 1.29 is 14.8 Å². The van der Waals surface area contributed by atoms with Crippen LogP contribution in [0.3, 0.4) is 0 Å². The monoisotopic (exact) mass is 273 g/mol. The smallest absolute Gasteiger partial charge is 0.280 e. The molecule has 0 heterocycles. The molecule has 96 valence electrons. The minimum absolute atomic E-state index is 0.0346. The fraction of sp³-hybridized carbons (Fsp3) is 0.222. The van der Waals surface area contributed by atoms with E-state index < -0.39 is 16.6 Å². The van der Waals surface area contributed by atoms with Crippen molar-refractivity contribution in [2.24, 2.45) is 5.29 Å². The van der Waals surface area contributed by atoms with Crippen LogP contribution in [-0.2, 0) is 0 Å². The maximum atomic E-state index is 11.8. The Balaban J connectivity index is 3.14. The van der Waals surface area contributed by atoms with Crippen LogP contribution in [0.15, 0.2) is 23.5 Å². The van der Waals surface area contributed by atoms with Crippen molar-refractivity contribution in [2.45, 2.75) is 0 Å². The van der Waals surface area contributed by atoms with Gasteiger partial charge in [-0.2, -0.15) is 5.01 Å². The second-order valence-corrected chi connectivity index (χ2v) is 3.54. The van der Waals surface area contributed by atoms with Crippen molar-refractivity contribution in [3.05, 3.63) is 38.8 Å². The van der Waals surface area contributed by atoms with Crippen molar-refractivity contribution in [1.29, 1.82) is 0 Å². The summed E-state index contributed by atoms with van der Waals surface area (Å²) in [6, 6.07) is 2.89. The number of alkyl halides is 1. The molecule has 0 radical (unpaired) electrons. The minimum atomic E-state index is -0.952. The van der Waals surface area contributed by atoms with E-state index in [1.165, 1.54) is 0 Å². The average Bonchev–Trinajstić information content (AvgIpc) is 2.35. The molecule has 1 aromatic rings. The molecule has 0 bridgehead atoms. The molecule has 0 fully saturated rings. The molecule has 0 aliphatic rings. The van der Waals surface area contributed by atoms with Crippen molar-refractivity contribution in [1.82, 2.24) is 5.01 Å². The zero-order chi connectivity index (χ0) is 13.7. The van der Waals surface area contributed by atoms with E-state index in [2.05, 4.69) is 5.29 Å². The fourth-order valence-electron chi connectivity index (χ4n) is 1.21.